The summed E-state index contributed by atoms with van der Waals surface area (Å²) in [6, 6.07) is 20.4. The van der Waals surface area contributed by atoms with E-state index in [0.717, 1.165) is 52.0 Å². The highest BCUT2D eigenvalue weighted by atomic mass is 19.1. The van der Waals surface area contributed by atoms with Crippen molar-refractivity contribution in [3.8, 4) is 11.8 Å². The van der Waals surface area contributed by atoms with E-state index in [9.17, 15) is 14.4 Å². The predicted molar refractivity (Wildman–Crippen MR) is 150 cm³/mol. The fraction of sp³-hybridized carbons (Fsp3) is 0.273. The lowest BCUT2D eigenvalue weighted by atomic mass is 9.73. The standard InChI is InChI=1S/C33H32FN3O2/c1-4-22-8-5-6-9-28(22)37-29-10-7-11-30(38)32(29)31(27(18-35)33(37)36)26-17-20(2)16-23(21(26)3)19-39-25-14-12-24(34)13-15-25/h5-6,8-9,12-17,31H,4,7,10-11,19,36H2,1-3H3. The van der Waals surface area contributed by atoms with Gasteiger partial charge >= 0.3 is 0 Å². The molecule has 0 saturated heterocycles. The van der Waals surface area contributed by atoms with Gasteiger partial charge in [0.1, 0.15) is 24.0 Å². The molecule has 0 fully saturated rings. The summed E-state index contributed by atoms with van der Waals surface area (Å²) in [4.78, 5) is 15.6. The van der Waals surface area contributed by atoms with Gasteiger partial charge in [-0.2, -0.15) is 5.26 Å². The summed E-state index contributed by atoms with van der Waals surface area (Å²) < 4.78 is 19.3. The Bertz CT molecular complexity index is 1550. The molecular formula is C33H32FN3O2. The molecule has 3 aromatic rings. The van der Waals surface area contributed by atoms with Crippen LogP contribution in [0.2, 0.25) is 0 Å². The number of carbonyl (C=O) groups excluding carboxylic acids is 1. The van der Waals surface area contributed by atoms with Gasteiger partial charge < -0.3 is 10.5 Å². The molecule has 3 aromatic carbocycles. The van der Waals surface area contributed by atoms with Crippen molar-refractivity contribution >= 4 is 11.5 Å². The van der Waals surface area contributed by atoms with Crippen LogP contribution in [0, 0.1) is 31.0 Å². The quantitative estimate of drug-likeness (QED) is 0.382. The molecule has 0 bridgehead atoms. The van der Waals surface area contributed by atoms with Gasteiger partial charge in [0, 0.05) is 17.7 Å². The van der Waals surface area contributed by atoms with E-state index in [0.29, 0.717) is 35.6 Å². The molecular weight excluding hydrogens is 489 g/mol. The number of hydrogen-bond donors (Lipinski definition) is 1. The molecule has 0 aromatic heterocycles. The Labute approximate surface area is 229 Å². The van der Waals surface area contributed by atoms with Crippen molar-refractivity contribution in [2.75, 3.05) is 4.90 Å². The van der Waals surface area contributed by atoms with E-state index in [-0.39, 0.29) is 18.2 Å². The van der Waals surface area contributed by atoms with Crippen LogP contribution in [-0.4, -0.2) is 5.78 Å². The number of nitriles is 1. The number of nitrogens with zero attached hydrogens (tertiary/aromatic N) is 2. The number of ether oxygens (including phenoxy) is 1. The molecule has 1 heterocycles. The highest BCUT2D eigenvalue weighted by Crippen LogP contribution is 2.48. The van der Waals surface area contributed by atoms with Gasteiger partial charge in [-0.05, 0) is 85.7 Å². The minimum Gasteiger partial charge on any atom is -0.489 e. The Morgan fingerprint density at radius 3 is 2.54 bits per heavy atom. The first-order valence-electron chi connectivity index (χ1n) is 13.4. The number of anilines is 1. The number of nitrogens with two attached hydrogens (primary N) is 1. The van der Waals surface area contributed by atoms with Crippen LogP contribution in [0.5, 0.6) is 5.75 Å². The molecule has 2 N–H and O–H groups in total. The van der Waals surface area contributed by atoms with Crippen molar-refractivity contribution in [3.05, 3.63) is 117 Å². The first kappa shape index (κ1) is 26.2. The first-order valence-corrected chi connectivity index (χ1v) is 13.4. The number of allylic oxidation sites excluding steroid dienone is 3. The van der Waals surface area contributed by atoms with Gasteiger partial charge in [0.25, 0.3) is 0 Å². The molecule has 6 heteroatoms. The Morgan fingerprint density at radius 1 is 1.08 bits per heavy atom. The van der Waals surface area contributed by atoms with Gasteiger partial charge in [-0.15, -0.1) is 0 Å². The molecule has 1 unspecified atom stereocenters. The molecule has 1 aliphatic heterocycles. The van der Waals surface area contributed by atoms with Gasteiger partial charge in [0.05, 0.1) is 23.2 Å². The Hall–Kier alpha value is -4.37. The Morgan fingerprint density at radius 2 is 1.82 bits per heavy atom. The normalized spacial score (nSPS) is 17.3. The number of aryl methyl sites for hydroxylation is 2. The van der Waals surface area contributed by atoms with Gasteiger partial charge in [-0.25, -0.2) is 4.39 Å². The SMILES string of the molecule is CCc1ccccc1N1C(N)=C(C#N)C(c2cc(C)cc(COc3ccc(F)cc3)c2C)C2=C1CCCC2=O. The number of rotatable bonds is 6. The van der Waals surface area contributed by atoms with Gasteiger partial charge in [-0.1, -0.05) is 42.8 Å². The molecule has 1 atom stereocenters. The summed E-state index contributed by atoms with van der Waals surface area (Å²) in [7, 11) is 0. The summed E-state index contributed by atoms with van der Waals surface area (Å²) in [6.45, 7) is 6.35. The molecule has 39 heavy (non-hydrogen) atoms. The van der Waals surface area contributed by atoms with Gasteiger partial charge in [0.2, 0.25) is 0 Å². The monoisotopic (exact) mass is 521 g/mol. The number of ketones is 1. The van der Waals surface area contributed by atoms with Crippen LogP contribution >= 0.6 is 0 Å². The molecule has 1 aliphatic carbocycles. The number of hydrogen-bond acceptors (Lipinski definition) is 5. The smallest absolute Gasteiger partial charge is 0.161 e. The van der Waals surface area contributed by atoms with Crippen molar-refractivity contribution < 1.29 is 13.9 Å². The van der Waals surface area contributed by atoms with E-state index in [2.05, 4.69) is 19.1 Å². The lowest BCUT2D eigenvalue weighted by molar-refractivity contribution is -0.116. The van der Waals surface area contributed by atoms with Crippen LogP contribution in [0.25, 0.3) is 0 Å². The zero-order valence-electron chi connectivity index (χ0n) is 22.6. The molecule has 0 spiro atoms. The van der Waals surface area contributed by atoms with Crippen LogP contribution in [0.3, 0.4) is 0 Å². The topological polar surface area (TPSA) is 79.3 Å². The second-order valence-corrected chi connectivity index (χ2v) is 10.2. The molecule has 0 amide bonds. The van der Waals surface area contributed by atoms with Crippen LogP contribution < -0.4 is 15.4 Å². The fourth-order valence-electron chi connectivity index (χ4n) is 5.81. The summed E-state index contributed by atoms with van der Waals surface area (Å²) in [5.41, 5.74) is 14.5. The maximum Gasteiger partial charge on any atom is 0.161 e. The predicted octanol–water partition coefficient (Wildman–Crippen LogP) is 6.89. The molecule has 5 nitrogen and oxygen atoms in total. The average molecular weight is 522 g/mol. The van der Waals surface area contributed by atoms with E-state index in [1.165, 1.54) is 12.1 Å². The maximum absolute atomic E-state index is 13.6. The number of para-hydroxylation sites is 1. The van der Waals surface area contributed by atoms with Crippen molar-refractivity contribution in [1.29, 1.82) is 5.26 Å². The molecule has 2 aliphatic rings. The number of benzene rings is 3. The minimum atomic E-state index is -0.549. The van der Waals surface area contributed by atoms with E-state index in [1.54, 1.807) is 12.1 Å². The minimum absolute atomic E-state index is 0.0606. The van der Waals surface area contributed by atoms with Crippen LogP contribution in [0.15, 0.2) is 83.3 Å². The molecule has 0 saturated carbocycles. The molecule has 198 valence electrons. The van der Waals surface area contributed by atoms with Crippen molar-refractivity contribution in [1.82, 2.24) is 0 Å². The van der Waals surface area contributed by atoms with E-state index >= 15 is 0 Å². The molecule has 5 rings (SSSR count). The third kappa shape index (κ3) is 4.81. The maximum atomic E-state index is 13.6. The van der Waals surface area contributed by atoms with Crippen LogP contribution in [-0.2, 0) is 17.8 Å². The second kappa shape index (κ2) is 10.8. The zero-order valence-corrected chi connectivity index (χ0v) is 22.6. The number of carbonyl (C=O) groups is 1. The Kier molecular flexibility index (Phi) is 7.26. The van der Waals surface area contributed by atoms with Crippen LogP contribution in [0.4, 0.5) is 10.1 Å². The summed E-state index contributed by atoms with van der Waals surface area (Å²) in [6.07, 6.45) is 2.70. The average Bonchev–Trinajstić information content (AvgIpc) is 2.94. The second-order valence-electron chi connectivity index (χ2n) is 10.2. The highest BCUT2D eigenvalue weighted by molar-refractivity contribution is 6.01. The summed E-state index contributed by atoms with van der Waals surface area (Å²) in [5.74, 6) is 0.134. The van der Waals surface area contributed by atoms with E-state index in [1.807, 2.05) is 49.1 Å². The number of halogens is 1. The van der Waals surface area contributed by atoms with Crippen molar-refractivity contribution in [2.24, 2.45) is 5.73 Å². The lowest BCUT2D eigenvalue weighted by Crippen LogP contribution is -2.39. The summed E-state index contributed by atoms with van der Waals surface area (Å²) >= 11 is 0. The van der Waals surface area contributed by atoms with E-state index < -0.39 is 5.92 Å². The third-order valence-electron chi connectivity index (χ3n) is 7.75. The van der Waals surface area contributed by atoms with E-state index in [4.69, 9.17) is 10.5 Å². The Balaban J connectivity index is 1.64. The zero-order chi connectivity index (χ0) is 27.7. The first-order chi connectivity index (χ1) is 18.8. The fourth-order valence-corrected chi connectivity index (χ4v) is 5.81. The lowest BCUT2D eigenvalue weighted by Gasteiger charge is -2.40. The number of Topliss-reactive ketones (excluding diaryl/α,β-unsaturated/α-hetero) is 1. The third-order valence-corrected chi connectivity index (χ3v) is 7.75. The van der Waals surface area contributed by atoms with Crippen molar-refractivity contribution in [2.45, 2.75) is 59.0 Å². The highest BCUT2D eigenvalue weighted by Gasteiger charge is 2.41. The van der Waals surface area contributed by atoms with Crippen molar-refractivity contribution in [3.63, 3.8) is 0 Å². The largest absolute Gasteiger partial charge is 0.489 e. The van der Waals surface area contributed by atoms with Gasteiger partial charge in [0.15, 0.2) is 5.78 Å². The van der Waals surface area contributed by atoms with Crippen LogP contribution in [0.1, 0.15) is 59.9 Å². The van der Waals surface area contributed by atoms with Gasteiger partial charge in [-0.3, -0.25) is 9.69 Å². The molecule has 0 radical (unpaired) electrons. The summed E-state index contributed by atoms with van der Waals surface area (Å²) in [5, 5.41) is 10.5.